The fourth-order valence-electron chi connectivity index (χ4n) is 2.60. The molecule has 2 N–H and O–H groups in total. The number of hydrogen-bond donors (Lipinski definition) is 2. The predicted octanol–water partition coefficient (Wildman–Crippen LogP) is 2.39. The molecule has 2 rings (SSSR count). The average molecular weight is 431 g/mol. The Bertz CT molecular complexity index is 1000. The van der Waals surface area contributed by atoms with Crippen LogP contribution in [0.1, 0.15) is 25.8 Å². The number of rotatable bonds is 9. The summed E-state index contributed by atoms with van der Waals surface area (Å²) in [5.74, 6) is -0.783. The number of aryl methyl sites for hydroxylation is 1. The van der Waals surface area contributed by atoms with Crippen molar-refractivity contribution in [2.24, 2.45) is 5.10 Å². The van der Waals surface area contributed by atoms with Gasteiger partial charge in [0.25, 0.3) is 5.91 Å². The van der Waals surface area contributed by atoms with Crippen molar-refractivity contribution >= 4 is 33.2 Å². The summed E-state index contributed by atoms with van der Waals surface area (Å²) in [5.41, 5.74) is 4.80. The standard InChI is InChI=1S/C21H26N4O4S/c1-16(9-10-18-7-5-4-6-8-18)23-24-21(27)15-25(3)30(28,29)20-13-11-19(12-14-20)22-17(2)26/h4-8,11-14H,9-10,15H2,1-3H3,(H,22,26)(H,24,27)/b23-16+. The number of nitrogens with zero attached hydrogens (tertiary/aromatic N) is 2. The molecule has 30 heavy (non-hydrogen) atoms. The molecule has 0 fully saturated rings. The first-order valence-corrected chi connectivity index (χ1v) is 10.8. The van der Waals surface area contributed by atoms with E-state index < -0.39 is 15.9 Å². The minimum Gasteiger partial charge on any atom is -0.326 e. The molecular weight excluding hydrogens is 404 g/mol. The normalized spacial score (nSPS) is 11.9. The van der Waals surface area contributed by atoms with Crippen LogP contribution < -0.4 is 10.7 Å². The van der Waals surface area contributed by atoms with Crippen molar-refractivity contribution < 1.29 is 18.0 Å². The summed E-state index contributed by atoms with van der Waals surface area (Å²) in [6, 6.07) is 15.7. The Hall–Kier alpha value is -3.04. The molecule has 0 aromatic heterocycles. The van der Waals surface area contributed by atoms with Gasteiger partial charge in [0.05, 0.1) is 11.4 Å². The van der Waals surface area contributed by atoms with Gasteiger partial charge in [0.15, 0.2) is 0 Å². The van der Waals surface area contributed by atoms with Gasteiger partial charge in [0.2, 0.25) is 15.9 Å². The average Bonchev–Trinajstić information content (AvgIpc) is 2.71. The fraction of sp³-hybridized carbons (Fsp3) is 0.286. The van der Waals surface area contributed by atoms with Gasteiger partial charge in [-0.15, -0.1) is 0 Å². The van der Waals surface area contributed by atoms with Gasteiger partial charge in [-0.05, 0) is 49.6 Å². The monoisotopic (exact) mass is 430 g/mol. The molecule has 0 heterocycles. The van der Waals surface area contributed by atoms with Gasteiger partial charge >= 0.3 is 0 Å². The number of carbonyl (C=O) groups is 2. The van der Waals surface area contributed by atoms with E-state index in [4.69, 9.17) is 0 Å². The lowest BCUT2D eigenvalue weighted by Gasteiger charge is -2.16. The molecule has 2 aromatic carbocycles. The molecule has 0 atom stereocenters. The molecule has 9 heteroatoms. The number of hydrogen-bond acceptors (Lipinski definition) is 5. The minimum atomic E-state index is -3.85. The predicted molar refractivity (Wildman–Crippen MR) is 117 cm³/mol. The molecule has 160 valence electrons. The highest BCUT2D eigenvalue weighted by Gasteiger charge is 2.22. The number of hydrazone groups is 1. The first-order chi connectivity index (χ1) is 14.2. The molecule has 2 amide bonds. The number of amides is 2. The van der Waals surface area contributed by atoms with Crippen LogP contribution in [0.5, 0.6) is 0 Å². The minimum absolute atomic E-state index is 0.0226. The van der Waals surface area contributed by atoms with E-state index in [9.17, 15) is 18.0 Å². The molecule has 0 saturated heterocycles. The highest BCUT2D eigenvalue weighted by atomic mass is 32.2. The Morgan fingerprint density at radius 3 is 2.23 bits per heavy atom. The third kappa shape index (κ3) is 7.09. The van der Waals surface area contributed by atoms with E-state index >= 15 is 0 Å². The van der Waals surface area contributed by atoms with Gasteiger partial charge in [-0.1, -0.05) is 30.3 Å². The maximum atomic E-state index is 12.6. The number of sulfonamides is 1. The zero-order valence-corrected chi connectivity index (χ0v) is 18.1. The molecule has 2 aromatic rings. The lowest BCUT2D eigenvalue weighted by Crippen LogP contribution is -2.36. The molecular formula is C21H26N4O4S. The second kappa shape index (κ2) is 10.7. The van der Waals surface area contributed by atoms with Crippen molar-refractivity contribution in [3.63, 3.8) is 0 Å². The van der Waals surface area contributed by atoms with Crippen LogP contribution in [0.2, 0.25) is 0 Å². The Labute approximate surface area is 177 Å². The summed E-state index contributed by atoms with van der Waals surface area (Å²) >= 11 is 0. The molecule has 0 aliphatic carbocycles. The van der Waals surface area contributed by atoms with Gasteiger partial charge in [-0.25, -0.2) is 13.8 Å². The summed E-state index contributed by atoms with van der Waals surface area (Å²) in [4.78, 5) is 23.2. The van der Waals surface area contributed by atoms with Crippen molar-refractivity contribution in [1.82, 2.24) is 9.73 Å². The van der Waals surface area contributed by atoms with E-state index in [1.165, 1.54) is 43.8 Å². The maximum absolute atomic E-state index is 12.6. The number of likely N-dealkylation sites (N-methyl/N-ethyl adjacent to an activating group) is 1. The van der Waals surface area contributed by atoms with Crippen LogP contribution in [-0.4, -0.2) is 43.8 Å². The molecule has 0 bridgehead atoms. The lowest BCUT2D eigenvalue weighted by atomic mass is 10.1. The quantitative estimate of drug-likeness (QED) is 0.470. The van der Waals surface area contributed by atoms with Crippen LogP contribution in [-0.2, 0) is 26.0 Å². The van der Waals surface area contributed by atoms with Gasteiger partial charge in [-0.3, -0.25) is 9.59 Å². The van der Waals surface area contributed by atoms with E-state index in [0.717, 1.165) is 16.4 Å². The Balaban J connectivity index is 1.89. The van der Waals surface area contributed by atoms with Crippen LogP contribution >= 0.6 is 0 Å². The Kier molecular flexibility index (Phi) is 8.25. The third-order valence-electron chi connectivity index (χ3n) is 4.24. The first-order valence-electron chi connectivity index (χ1n) is 9.38. The number of benzene rings is 2. The topological polar surface area (TPSA) is 108 Å². The smallest absolute Gasteiger partial charge is 0.255 e. The number of carbonyl (C=O) groups excluding carboxylic acids is 2. The van der Waals surface area contributed by atoms with E-state index in [1.54, 1.807) is 6.92 Å². The van der Waals surface area contributed by atoms with Gasteiger partial charge in [0.1, 0.15) is 0 Å². The van der Waals surface area contributed by atoms with Crippen LogP contribution in [0.4, 0.5) is 5.69 Å². The molecule has 0 aliphatic rings. The molecule has 8 nitrogen and oxygen atoms in total. The van der Waals surface area contributed by atoms with Gasteiger partial charge in [0, 0.05) is 25.4 Å². The molecule has 0 unspecified atom stereocenters. The van der Waals surface area contributed by atoms with E-state index in [2.05, 4.69) is 15.8 Å². The van der Waals surface area contributed by atoms with Gasteiger partial charge < -0.3 is 5.32 Å². The largest absolute Gasteiger partial charge is 0.326 e. The van der Waals surface area contributed by atoms with Crippen molar-refractivity contribution in [2.75, 3.05) is 18.9 Å². The van der Waals surface area contributed by atoms with E-state index in [-0.39, 0.29) is 17.3 Å². The van der Waals surface area contributed by atoms with Crippen LogP contribution in [0.25, 0.3) is 0 Å². The summed E-state index contributed by atoms with van der Waals surface area (Å²) in [6.45, 7) is 2.80. The number of nitrogens with one attached hydrogen (secondary N) is 2. The van der Waals surface area contributed by atoms with Crippen molar-refractivity contribution in [3.05, 3.63) is 60.2 Å². The molecule has 0 radical (unpaired) electrons. The maximum Gasteiger partial charge on any atom is 0.255 e. The highest BCUT2D eigenvalue weighted by Crippen LogP contribution is 2.17. The highest BCUT2D eigenvalue weighted by molar-refractivity contribution is 7.89. The van der Waals surface area contributed by atoms with Crippen LogP contribution in [0, 0.1) is 0 Å². The zero-order chi connectivity index (χ0) is 22.1. The molecule has 0 saturated carbocycles. The van der Waals surface area contributed by atoms with E-state index in [1.807, 2.05) is 30.3 Å². The van der Waals surface area contributed by atoms with Crippen molar-refractivity contribution in [3.8, 4) is 0 Å². The summed E-state index contributed by atoms with van der Waals surface area (Å²) in [5, 5.41) is 6.61. The van der Waals surface area contributed by atoms with Crippen molar-refractivity contribution in [2.45, 2.75) is 31.6 Å². The summed E-state index contributed by atoms with van der Waals surface area (Å²) < 4.78 is 26.2. The number of anilines is 1. The summed E-state index contributed by atoms with van der Waals surface area (Å²) in [7, 11) is -2.53. The third-order valence-corrected chi connectivity index (χ3v) is 6.06. The van der Waals surface area contributed by atoms with Crippen LogP contribution in [0.15, 0.2) is 64.6 Å². The first kappa shape index (κ1) is 23.2. The van der Waals surface area contributed by atoms with Crippen molar-refractivity contribution in [1.29, 1.82) is 0 Å². The fourth-order valence-corrected chi connectivity index (χ4v) is 3.73. The Morgan fingerprint density at radius 1 is 1.00 bits per heavy atom. The Morgan fingerprint density at radius 2 is 1.63 bits per heavy atom. The zero-order valence-electron chi connectivity index (χ0n) is 17.3. The SMILES string of the molecule is CC(=O)Nc1ccc(S(=O)(=O)N(C)CC(=O)N/N=C(\C)CCc2ccccc2)cc1. The van der Waals surface area contributed by atoms with Crippen LogP contribution in [0.3, 0.4) is 0 Å². The van der Waals surface area contributed by atoms with E-state index in [0.29, 0.717) is 12.1 Å². The molecule has 0 aliphatic heterocycles. The summed E-state index contributed by atoms with van der Waals surface area (Å²) in [6.07, 6.45) is 1.48. The lowest BCUT2D eigenvalue weighted by molar-refractivity contribution is -0.121. The molecule has 0 spiro atoms. The second-order valence-corrected chi connectivity index (χ2v) is 8.88. The second-order valence-electron chi connectivity index (χ2n) is 6.83. The van der Waals surface area contributed by atoms with Gasteiger partial charge in [-0.2, -0.15) is 9.41 Å².